The van der Waals surface area contributed by atoms with Crippen LogP contribution in [0.3, 0.4) is 0 Å². The Balaban J connectivity index is 1.76. The van der Waals surface area contributed by atoms with Gasteiger partial charge in [0.15, 0.2) is 4.80 Å². The number of nitrogens with zero attached hydrogens (tertiary/aromatic N) is 2. The third-order valence-electron chi connectivity index (χ3n) is 6.33. The molecule has 6 nitrogen and oxygen atoms in total. The number of benzene rings is 3. The van der Waals surface area contributed by atoms with Crippen LogP contribution in [0, 0.1) is 0 Å². The van der Waals surface area contributed by atoms with E-state index in [1.807, 2.05) is 91.2 Å². The Hall–Kier alpha value is -4.14. The van der Waals surface area contributed by atoms with Gasteiger partial charge >= 0.3 is 5.97 Å². The summed E-state index contributed by atoms with van der Waals surface area (Å²) in [7, 11) is 0. The Morgan fingerprint density at radius 2 is 1.88 bits per heavy atom. The highest BCUT2D eigenvalue weighted by Crippen LogP contribution is 2.35. The molecule has 40 heavy (non-hydrogen) atoms. The van der Waals surface area contributed by atoms with Gasteiger partial charge in [-0.3, -0.25) is 9.36 Å². The van der Waals surface area contributed by atoms with Crippen LogP contribution in [-0.2, 0) is 9.53 Å². The number of thiazole rings is 1. The zero-order valence-corrected chi connectivity index (χ0v) is 23.8. The predicted molar refractivity (Wildman–Crippen MR) is 161 cm³/mol. The maximum absolute atomic E-state index is 14.0. The van der Waals surface area contributed by atoms with E-state index in [0.29, 0.717) is 33.0 Å². The summed E-state index contributed by atoms with van der Waals surface area (Å²) in [5.74, 6) is 0.189. The van der Waals surface area contributed by atoms with Crippen molar-refractivity contribution in [3.8, 4) is 5.75 Å². The zero-order chi connectivity index (χ0) is 28.1. The number of carbonyl (C=O) groups is 1. The first-order valence-electron chi connectivity index (χ1n) is 12.8. The maximum Gasteiger partial charge on any atom is 0.338 e. The van der Waals surface area contributed by atoms with E-state index in [1.165, 1.54) is 11.3 Å². The fourth-order valence-corrected chi connectivity index (χ4v) is 5.95. The molecule has 0 aliphatic carbocycles. The molecule has 2 heterocycles. The summed E-state index contributed by atoms with van der Waals surface area (Å²) in [6.07, 6.45) is 5.52. The summed E-state index contributed by atoms with van der Waals surface area (Å²) in [5.41, 5.74) is 3.02. The molecule has 0 unspecified atom stereocenters. The molecule has 0 saturated carbocycles. The van der Waals surface area contributed by atoms with Gasteiger partial charge in [-0.25, -0.2) is 9.79 Å². The van der Waals surface area contributed by atoms with Gasteiger partial charge in [0.1, 0.15) is 12.4 Å². The zero-order valence-electron chi connectivity index (χ0n) is 22.2. The number of fused-ring (bicyclic) bond motifs is 1. The summed E-state index contributed by atoms with van der Waals surface area (Å²) < 4.78 is 13.3. The van der Waals surface area contributed by atoms with Crippen molar-refractivity contribution >= 4 is 40.8 Å². The Morgan fingerprint density at radius 1 is 1.10 bits per heavy atom. The van der Waals surface area contributed by atoms with Crippen molar-refractivity contribution in [2.45, 2.75) is 17.9 Å². The summed E-state index contributed by atoms with van der Waals surface area (Å²) in [4.78, 5) is 34.0. The van der Waals surface area contributed by atoms with E-state index in [2.05, 4.69) is 6.58 Å². The monoisotopic (exact) mass is 568 g/mol. The van der Waals surface area contributed by atoms with E-state index in [-0.39, 0.29) is 12.2 Å². The van der Waals surface area contributed by atoms with Crippen molar-refractivity contribution in [2.24, 2.45) is 4.99 Å². The Labute approximate surface area is 240 Å². The second-order valence-corrected chi connectivity index (χ2v) is 10.8. The number of hydrogen-bond donors (Lipinski definition) is 0. The number of aromatic nitrogens is 1. The average molecular weight is 569 g/mol. The Kier molecular flexibility index (Phi) is 8.48. The molecular formula is C32H28N2O4S2. The van der Waals surface area contributed by atoms with Crippen LogP contribution in [0.25, 0.3) is 11.8 Å². The second kappa shape index (κ2) is 12.4. The van der Waals surface area contributed by atoms with Crippen molar-refractivity contribution in [3.63, 3.8) is 0 Å². The number of ether oxygens (including phenoxy) is 2. The molecule has 4 aromatic rings. The molecule has 0 amide bonds. The largest absolute Gasteiger partial charge is 0.490 e. The van der Waals surface area contributed by atoms with Gasteiger partial charge in [-0.2, -0.15) is 0 Å². The topological polar surface area (TPSA) is 69.9 Å². The molecule has 0 N–H and O–H groups in total. The lowest BCUT2D eigenvalue weighted by Gasteiger charge is -2.26. The number of carbonyl (C=O) groups excluding carboxylic acids is 1. The lowest BCUT2D eigenvalue weighted by molar-refractivity contribution is -0.138. The number of thioether (sulfide) groups is 1. The normalized spacial score (nSPS) is 14.8. The van der Waals surface area contributed by atoms with Crippen LogP contribution in [0.4, 0.5) is 0 Å². The minimum absolute atomic E-state index is 0.206. The van der Waals surface area contributed by atoms with Gasteiger partial charge in [-0.1, -0.05) is 78.6 Å². The van der Waals surface area contributed by atoms with E-state index in [1.54, 1.807) is 29.3 Å². The van der Waals surface area contributed by atoms with Crippen LogP contribution >= 0.6 is 23.1 Å². The third-order valence-corrected chi connectivity index (χ3v) is 8.06. The lowest BCUT2D eigenvalue weighted by Crippen LogP contribution is -2.40. The fraction of sp³-hybridized carbons (Fsp3) is 0.156. The number of esters is 1. The summed E-state index contributed by atoms with van der Waals surface area (Å²) in [6, 6.07) is 24.3. The molecule has 8 heteroatoms. The van der Waals surface area contributed by atoms with Gasteiger partial charge < -0.3 is 9.47 Å². The first-order chi connectivity index (χ1) is 19.5. The molecule has 0 radical (unpaired) electrons. The molecule has 0 bridgehead atoms. The molecule has 1 atom stereocenters. The molecule has 0 fully saturated rings. The molecule has 1 aliphatic heterocycles. The molecule has 202 valence electrons. The van der Waals surface area contributed by atoms with Crippen LogP contribution in [0.2, 0.25) is 0 Å². The highest BCUT2D eigenvalue weighted by Gasteiger charge is 2.35. The molecular weight excluding hydrogens is 540 g/mol. The van der Waals surface area contributed by atoms with Gasteiger partial charge in [0.05, 0.1) is 28.5 Å². The maximum atomic E-state index is 14.0. The van der Waals surface area contributed by atoms with E-state index in [9.17, 15) is 9.59 Å². The first kappa shape index (κ1) is 27.4. The molecule has 5 rings (SSSR count). The second-order valence-electron chi connectivity index (χ2n) is 8.88. The summed E-state index contributed by atoms with van der Waals surface area (Å²) in [6.45, 7) is 6.05. The quantitative estimate of drug-likeness (QED) is 0.157. The van der Waals surface area contributed by atoms with Crippen LogP contribution in [0.15, 0.2) is 112 Å². The standard InChI is InChI=1S/C32H28N2O4S2/c1-4-18-38-24-13-9-10-21(19-24)20-26-30(35)34-29(23-14-16-25(39-3)17-15-23)27(31(36)37-5-2)28(33-32(34)40-26)22-11-7-6-8-12-22/h4,6-17,19-20,29H,1,5,18H2,2-3H3/b26-20-/t29-/m1/s1. The Morgan fingerprint density at radius 3 is 2.58 bits per heavy atom. The van der Waals surface area contributed by atoms with Gasteiger partial charge in [0, 0.05) is 10.5 Å². The van der Waals surface area contributed by atoms with Crippen molar-refractivity contribution in [2.75, 3.05) is 19.5 Å². The number of rotatable bonds is 9. The lowest BCUT2D eigenvalue weighted by atomic mass is 9.93. The smallest absolute Gasteiger partial charge is 0.338 e. The van der Waals surface area contributed by atoms with Crippen LogP contribution in [0.1, 0.15) is 29.7 Å². The van der Waals surface area contributed by atoms with Gasteiger partial charge in [0.2, 0.25) is 0 Å². The molecule has 0 saturated heterocycles. The fourth-order valence-electron chi connectivity index (χ4n) is 4.54. The van der Waals surface area contributed by atoms with Crippen molar-refractivity contribution in [3.05, 3.63) is 133 Å². The third kappa shape index (κ3) is 5.59. The van der Waals surface area contributed by atoms with Gasteiger partial charge in [-0.05, 0) is 54.6 Å². The summed E-state index contributed by atoms with van der Waals surface area (Å²) >= 11 is 2.92. The van der Waals surface area contributed by atoms with Crippen LogP contribution in [-0.4, -0.2) is 30.0 Å². The van der Waals surface area contributed by atoms with Crippen molar-refractivity contribution < 1.29 is 14.3 Å². The highest BCUT2D eigenvalue weighted by atomic mass is 32.2. The van der Waals surface area contributed by atoms with Crippen LogP contribution in [0.5, 0.6) is 5.75 Å². The SMILES string of the molecule is C=CCOc1cccc(/C=c2\sc3n(c2=O)[C@H](c2ccc(SC)cc2)C(C(=O)OCC)=C(c2ccccc2)N=3)c1. The molecule has 1 aliphatic rings. The average Bonchev–Trinajstić information content (AvgIpc) is 3.30. The van der Waals surface area contributed by atoms with E-state index in [0.717, 1.165) is 21.6 Å². The van der Waals surface area contributed by atoms with E-state index < -0.39 is 12.0 Å². The minimum atomic E-state index is -0.703. The van der Waals surface area contributed by atoms with Crippen molar-refractivity contribution in [1.82, 2.24) is 4.57 Å². The predicted octanol–water partition coefficient (Wildman–Crippen LogP) is 5.22. The van der Waals surface area contributed by atoms with Crippen molar-refractivity contribution in [1.29, 1.82) is 0 Å². The van der Waals surface area contributed by atoms with Gasteiger partial charge in [0.25, 0.3) is 5.56 Å². The van der Waals surface area contributed by atoms with Gasteiger partial charge in [-0.15, -0.1) is 11.8 Å². The molecule has 0 spiro atoms. The molecule has 1 aromatic heterocycles. The van der Waals surface area contributed by atoms with E-state index >= 15 is 0 Å². The summed E-state index contributed by atoms with van der Waals surface area (Å²) in [5, 5.41) is 0. The molecule has 3 aromatic carbocycles. The highest BCUT2D eigenvalue weighted by molar-refractivity contribution is 7.98. The van der Waals surface area contributed by atoms with Crippen LogP contribution < -0.4 is 19.6 Å². The van der Waals surface area contributed by atoms with E-state index in [4.69, 9.17) is 14.5 Å². The number of hydrogen-bond acceptors (Lipinski definition) is 7. The first-order valence-corrected chi connectivity index (χ1v) is 14.8. The minimum Gasteiger partial charge on any atom is -0.490 e. The Bertz CT molecular complexity index is 1750.